The molecular formula is C23H22N4O3S2. The molecule has 2 aliphatic rings. The van der Waals surface area contributed by atoms with Gasteiger partial charge in [0.05, 0.1) is 24.7 Å². The molecule has 0 N–H and O–H groups in total. The summed E-state index contributed by atoms with van der Waals surface area (Å²) in [7, 11) is 1.66. The highest BCUT2D eigenvalue weighted by atomic mass is 32.2. The molecule has 1 aromatic heterocycles. The summed E-state index contributed by atoms with van der Waals surface area (Å²) in [5.41, 5.74) is 1.97. The Kier molecular flexibility index (Phi) is 6.46. The number of nitriles is 1. The lowest BCUT2D eigenvalue weighted by Gasteiger charge is -2.32. The van der Waals surface area contributed by atoms with E-state index >= 15 is 0 Å². The topological polar surface area (TPSA) is 78.6 Å². The van der Waals surface area contributed by atoms with Crippen molar-refractivity contribution >= 4 is 46.1 Å². The van der Waals surface area contributed by atoms with E-state index in [4.69, 9.17) is 17.0 Å². The Morgan fingerprint density at radius 1 is 1.22 bits per heavy atom. The number of nitrogens with zero attached hydrogens (tertiary/aromatic N) is 4. The third-order valence-electron chi connectivity index (χ3n) is 5.61. The second-order valence-electron chi connectivity index (χ2n) is 7.57. The zero-order valence-electron chi connectivity index (χ0n) is 17.8. The maximum absolute atomic E-state index is 13.2. The predicted molar refractivity (Wildman–Crippen MR) is 129 cm³/mol. The molecule has 0 unspecified atom stereocenters. The van der Waals surface area contributed by atoms with Gasteiger partial charge in [-0.15, -0.1) is 0 Å². The summed E-state index contributed by atoms with van der Waals surface area (Å²) in [6.07, 6.45) is 1.77. The molecule has 2 aromatic rings. The van der Waals surface area contributed by atoms with Gasteiger partial charge in [-0.2, -0.15) is 5.26 Å². The van der Waals surface area contributed by atoms with Crippen LogP contribution in [0.15, 0.2) is 40.0 Å². The van der Waals surface area contributed by atoms with Gasteiger partial charge in [0, 0.05) is 25.7 Å². The molecule has 0 spiro atoms. The van der Waals surface area contributed by atoms with E-state index in [-0.39, 0.29) is 17.0 Å². The van der Waals surface area contributed by atoms with Crippen molar-refractivity contribution in [3.05, 3.63) is 67.8 Å². The van der Waals surface area contributed by atoms with E-state index in [1.54, 1.807) is 24.9 Å². The molecule has 3 heterocycles. The van der Waals surface area contributed by atoms with Gasteiger partial charge in [0.1, 0.15) is 21.8 Å². The van der Waals surface area contributed by atoms with Crippen LogP contribution in [0.3, 0.4) is 0 Å². The number of thiocarbonyl (C=S) groups is 1. The molecule has 164 valence electrons. The first-order chi connectivity index (χ1) is 15.4. The maximum Gasteiger partial charge on any atom is 0.270 e. The van der Waals surface area contributed by atoms with Gasteiger partial charge in [-0.05, 0) is 24.1 Å². The molecular weight excluding hydrogens is 444 g/mol. The summed E-state index contributed by atoms with van der Waals surface area (Å²) in [6, 6.07) is 11.7. The van der Waals surface area contributed by atoms with Crippen LogP contribution in [0, 0.1) is 18.3 Å². The van der Waals surface area contributed by atoms with Crippen molar-refractivity contribution in [1.82, 2.24) is 9.47 Å². The van der Waals surface area contributed by atoms with Crippen molar-refractivity contribution in [1.29, 1.82) is 5.26 Å². The maximum atomic E-state index is 13.2. The number of carbonyl (C=O) groups is 1. The molecule has 2 fully saturated rings. The SMILES string of the molecule is Cc1c(C=C2SC(=S)N(Cc3ccccc3)C2=O)c(N2CCOCC2)n(C)c(=O)c1C#N. The summed E-state index contributed by atoms with van der Waals surface area (Å²) >= 11 is 6.73. The first kappa shape index (κ1) is 22.3. The normalized spacial score (nSPS) is 17.8. The summed E-state index contributed by atoms with van der Waals surface area (Å²) in [4.78, 5) is 30.1. The quantitative estimate of drug-likeness (QED) is 0.506. The number of anilines is 1. The number of thioether (sulfide) groups is 1. The molecule has 2 saturated heterocycles. The van der Waals surface area contributed by atoms with Gasteiger partial charge in [0.2, 0.25) is 0 Å². The average Bonchev–Trinajstić information content (AvgIpc) is 3.06. The van der Waals surface area contributed by atoms with Crippen molar-refractivity contribution in [2.24, 2.45) is 7.05 Å². The number of aromatic nitrogens is 1. The van der Waals surface area contributed by atoms with Gasteiger partial charge < -0.3 is 9.64 Å². The Labute approximate surface area is 195 Å². The van der Waals surface area contributed by atoms with Crippen LogP contribution in [0.5, 0.6) is 0 Å². The van der Waals surface area contributed by atoms with E-state index in [9.17, 15) is 14.9 Å². The van der Waals surface area contributed by atoms with Gasteiger partial charge >= 0.3 is 0 Å². The van der Waals surface area contributed by atoms with Gasteiger partial charge in [-0.1, -0.05) is 54.3 Å². The van der Waals surface area contributed by atoms with Crippen LogP contribution in [-0.2, 0) is 23.1 Å². The summed E-state index contributed by atoms with van der Waals surface area (Å²) < 4.78 is 7.44. The molecule has 0 saturated carbocycles. The Hall–Kier alpha value is -2.93. The fraction of sp³-hybridized carbons (Fsp3) is 0.304. The lowest BCUT2D eigenvalue weighted by atomic mass is 10.0. The minimum absolute atomic E-state index is 0.0792. The molecule has 1 aromatic carbocycles. The number of hydrogen-bond acceptors (Lipinski definition) is 7. The van der Waals surface area contributed by atoms with E-state index < -0.39 is 0 Å². The highest BCUT2D eigenvalue weighted by Gasteiger charge is 2.33. The number of amides is 1. The van der Waals surface area contributed by atoms with Gasteiger partial charge in [-0.25, -0.2) is 0 Å². The zero-order chi connectivity index (χ0) is 22.8. The van der Waals surface area contributed by atoms with Crippen LogP contribution in [0.4, 0.5) is 5.82 Å². The summed E-state index contributed by atoms with van der Waals surface area (Å²) in [6.45, 7) is 4.48. The molecule has 0 aliphatic carbocycles. The lowest BCUT2D eigenvalue weighted by molar-refractivity contribution is -0.122. The van der Waals surface area contributed by atoms with E-state index in [1.807, 2.05) is 36.4 Å². The Balaban J connectivity index is 1.78. The van der Waals surface area contributed by atoms with Crippen molar-refractivity contribution in [3.8, 4) is 6.07 Å². The molecule has 0 radical (unpaired) electrons. The van der Waals surface area contributed by atoms with E-state index in [0.717, 1.165) is 5.56 Å². The smallest absolute Gasteiger partial charge is 0.270 e. The molecule has 0 atom stereocenters. The third-order valence-corrected chi connectivity index (χ3v) is 6.99. The number of carbonyl (C=O) groups excluding carboxylic acids is 1. The van der Waals surface area contributed by atoms with E-state index in [0.29, 0.717) is 59.0 Å². The Morgan fingerprint density at radius 2 is 1.91 bits per heavy atom. The second-order valence-corrected chi connectivity index (χ2v) is 9.24. The molecule has 4 rings (SSSR count). The first-order valence-corrected chi connectivity index (χ1v) is 11.4. The van der Waals surface area contributed by atoms with Crippen molar-refractivity contribution < 1.29 is 9.53 Å². The number of hydrogen-bond donors (Lipinski definition) is 0. The van der Waals surface area contributed by atoms with Crippen LogP contribution >= 0.6 is 24.0 Å². The number of morpholine rings is 1. The minimum Gasteiger partial charge on any atom is -0.378 e. The second kappa shape index (κ2) is 9.28. The highest BCUT2D eigenvalue weighted by Crippen LogP contribution is 2.36. The molecule has 1 amide bonds. The molecule has 2 aliphatic heterocycles. The van der Waals surface area contributed by atoms with Crippen LogP contribution < -0.4 is 10.5 Å². The fourth-order valence-electron chi connectivity index (χ4n) is 3.90. The monoisotopic (exact) mass is 466 g/mol. The number of pyridine rings is 1. The van der Waals surface area contributed by atoms with Crippen LogP contribution in [0.25, 0.3) is 6.08 Å². The van der Waals surface area contributed by atoms with Gasteiger partial charge in [-0.3, -0.25) is 19.1 Å². The standard InChI is InChI=1S/C23H22N4O3S2/c1-15-17(20(26-8-10-30-11-9-26)25(2)21(28)18(15)13-24)12-19-22(29)27(23(31)32-19)14-16-6-4-3-5-7-16/h3-7,12H,8-11,14H2,1-2H3. The van der Waals surface area contributed by atoms with E-state index in [1.165, 1.54) is 16.3 Å². The lowest BCUT2D eigenvalue weighted by Crippen LogP contribution is -2.40. The third kappa shape index (κ3) is 4.09. The average molecular weight is 467 g/mol. The van der Waals surface area contributed by atoms with Crippen LogP contribution in [0.1, 0.15) is 22.3 Å². The van der Waals surface area contributed by atoms with E-state index in [2.05, 4.69) is 4.90 Å². The first-order valence-electron chi connectivity index (χ1n) is 10.2. The number of benzene rings is 1. The van der Waals surface area contributed by atoms with Crippen molar-refractivity contribution in [2.75, 3.05) is 31.2 Å². The Morgan fingerprint density at radius 3 is 2.56 bits per heavy atom. The Bertz CT molecular complexity index is 1210. The molecule has 7 nitrogen and oxygen atoms in total. The number of rotatable bonds is 4. The van der Waals surface area contributed by atoms with Crippen LogP contribution in [0.2, 0.25) is 0 Å². The summed E-state index contributed by atoms with van der Waals surface area (Å²) in [5, 5.41) is 9.59. The molecule has 0 bridgehead atoms. The summed E-state index contributed by atoms with van der Waals surface area (Å²) in [5.74, 6) is 0.506. The van der Waals surface area contributed by atoms with Crippen molar-refractivity contribution in [3.63, 3.8) is 0 Å². The predicted octanol–water partition coefficient (Wildman–Crippen LogP) is 2.80. The molecule has 9 heteroatoms. The van der Waals surface area contributed by atoms with Gasteiger partial charge in [0.15, 0.2) is 0 Å². The van der Waals surface area contributed by atoms with Gasteiger partial charge in [0.25, 0.3) is 11.5 Å². The van der Waals surface area contributed by atoms with Crippen LogP contribution in [-0.4, -0.2) is 46.0 Å². The largest absolute Gasteiger partial charge is 0.378 e. The zero-order valence-corrected chi connectivity index (χ0v) is 19.5. The van der Waals surface area contributed by atoms with Crippen molar-refractivity contribution in [2.45, 2.75) is 13.5 Å². The fourth-order valence-corrected chi connectivity index (χ4v) is 5.14. The number of ether oxygens (including phenoxy) is 1. The molecule has 32 heavy (non-hydrogen) atoms. The minimum atomic E-state index is -0.347. The highest BCUT2D eigenvalue weighted by molar-refractivity contribution is 8.26.